The van der Waals surface area contributed by atoms with Crippen LogP contribution >= 0.6 is 23.4 Å². The summed E-state index contributed by atoms with van der Waals surface area (Å²) in [6.07, 6.45) is 5.89. The summed E-state index contributed by atoms with van der Waals surface area (Å²) < 4.78 is 1.55. The molecule has 3 N–H and O–H groups in total. The maximum absolute atomic E-state index is 12.5. The molecule has 1 atom stereocenters. The number of carbonyl (C=O) groups is 1. The molecule has 3 rings (SSSR count). The number of benzene rings is 1. The van der Waals surface area contributed by atoms with E-state index >= 15 is 0 Å². The number of halogens is 1. The molecule has 2 aromatic rings. The number of nitrogens with one attached hydrogen (secondary N) is 1. The minimum absolute atomic E-state index is 0.123. The molecule has 1 aliphatic carbocycles. The van der Waals surface area contributed by atoms with Crippen molar-refractivity contribution < 1.29 is 4.79 Å². The molecule has 0 radical (unpaired) electrons. The Balaban J connectivity index is 1.65. The molecule has 0 bridgehead atoms. The SMILES string of the molecule is Cc1ccc(Cl)cc1NC(=O)C(C)Sc1nnc(C2CCCCC2)n1N. The van der Waals surface area contributed by atoms with E-state index in [0.29, 0.717) is 21.8 Å². The van der Waals surface area contributed by atoms with Crippen molar-refractivity contribution in [2.45, 2.75) is 62.3 Å². The Labute approximate surface area is 162 Å². The third-order valence-electron chi connectivity index (χ3n) is 4.77. The second-order valence-corrected chi connectivity index (χ2v) is 8.50. The van der Waals surface area contributed by atoms with Gasteiger partial charge in [-0.2, -0.15) is 0 Å². The molecule has 6 nitrogen and oxygen atoms in total. The van der Waals surface area contributed by atoms with Crippen molar-refractivity contribution in [3.05, 3.63) is 34.6 Å². The van der Waals surface area contributed by atoms with E-state index in [1.54, 1.807) is 16.8 Å². The van der Waals surface area contributed by atoms with Gasteiger partial charge in [0.15, 0.2) is 5.82 Å². The van der Waals surface area contributed by atoms with Gasteiger partial charge in [-0.05, 0) is 44.4 Å². The van der Waals surface area contributed by atoms with E-state index in [-0.39, 0.29) is 11.2 Å². The van der Waals surface area contributed by atoms with Crippen LogP contribution in [0.15, 0.2) is 23.4 Å². The molecule has 26 heavy (non-hydrogen) atoms. The third-order valence-corrected chi connectivity index (χ3v) is 6.06. The molecule has 1 heterocycles. The van der Waals surface area contributed by atoms with Gasteiger partial charge >= 0.3 is 0 Å². The topological polar surface area (TPSA) is 85.8 Å². The van der Waals surface area contributed by atoms with E-state index in [4.69, 9.17) is 17.4 Å². The number of hydrogen-bond acceptors (Lipinski definition) is 5. The van der Waals surface area contributed by atoms with Gasteiger partial charge in [0.2, 0.25) is 11.1 Å². The fourth-order valence-corrected chi connectivity index (χ4v) is 4.13. The Hall–Kier alpha value is -1.73. The molecule has 0 spiro atoms. The Bertz CT molecular complexity index is 788. The van der Waals surface area contributed by atoms with Crippen LogP contribution in [0.1, 0.15) is 56.3 Å². The summed E-state index contributed by atoms with van der Waals surface area (Å²) in [6.45, 7) is 3.76. The molecule has 1 aliphatic rings. The quantitative estimate of drug-likeness (QED) is 0.589. The van der Waals surface area contributed by atoms with Crippen LogP contribution in [0.25, 0.3) is 0 Å². The lowest BCUT2D eigenvalue weighted by Crippen LogP contribution is -2.24. The largest absolute Gasteiger partial charge is 0.336 e. The Morgan fingerprint density at radius 3 is 2.81 bits per heavy atom. The lowest BCUT2D eigenvalue weighted by molar-refractivity contribution is -0.115. The number of hydrogen-bond donors (Lipinski definition) is 2. The molecule has 8 heteroatoms. The minimum Gasteiger partial charge on any atom is -0.336 e. The van der Waals surface area contributed by atoms with Crippen molar-refractivity contribution in [1.29, 1.82) is 0 Å². The first kappa shape index (κ1) is 19.0. The summed E-state index contributed by atoms with van der Waals surface area (Å²) in [6, 6.07) is 5.43. The normalized spacial score (nSPS) is 16.4. The fourth-order valence-electron chi connectivity index (χ4n) is 3.18. The van der Waals surface area contributed by atoms with Crippen LogP contribution in [-0.2, 0) is 4.79 Å². The lowest BCUT2D eigenvalue weighted by atomic mass is 9.89. The summed E-state index contributed by atoms with van der Waals surface area (Å²) in [7, 11) is 0. The Kier molecular flexibility index (Phi) is 6.09. The average Bonchev–Trinajstić information content (AvgIpc) is 2.99. The number of amides is 1. The molecular formula is C18H24ClN5OS. The van der Waals surface area contributed by atoms with Gasteiger partial charge in [-0.1, -0.05) is 48.7 Å². The number of rotatable bonds is 5. The fraction of sp³-hybridized carbons (Fsp3) is 0.500. The smallest absolute Gasteiger partial charge is 0.237 e. The highest BCUT2D eigenvalue weighted by atomic mass is 35.5. The molecule has 1 aromatic carbocycles. The summed E-state index contributed by atoms with van der Waals surface area (Å²) in [4.78, 5) is 12.5. The first-order chi connectivity index (χ1) is 12.5. The number of nitrogen functional groups attached to an aromatic ring is 1. The summed E-state index contributed by atoms with van der Waals surface area (Å²) in [5, 5.41) is 12.2. The van der Waals surface area contributed by atoms with E-state index in [0.717, 1.165) is 24.2 Å². The zero-order chi connectivity index (χ0) is 18.7. The number of nitrogens with zero attached hydrogens (tertiary/aromatic N) is 3. The van der Waals surface area contributed by atoms with Crippen LogP contribution in [0.3, 0.4) is 0 Å². The van der Waals surface area contributed by atoms with Crippen molar-refractivity contribution in [2.24, 2.45) is 0 Å². The van der Waals surface area contributed by atoms with E-state index in [1.165, 1.54) is 31.0 Å². The maximum atomic E-state index is 12.5. The third kappa shape index (κ3) is 4.32. The molecule has 1 aromatic heterocycles. The highest BCUT2D eigenvalue weighted by Crippen LogP contribution is 2.33. The second kappa shape index (κ2) is 8.31. The predicted octanol–water partition coefficient (Wildman–Crippen LogP) is 4.12. The van der Waals surface area contributed by atoms with Crippen molar-refractivity contribution in [3.8, 4) is 0 Å². The van der Waals surface area contributed by atoms with Crippen molar-refractivity contribution in [2.75, 3.05) is 11.2 Å². The molecule has 140 valence electrons. The summed E-state index contributed by atoms with van der Waals surface area (Å²) in [5.74, 6) is 7.27. The van der Waals surface area contributed by atoms with Gasteiger partial charge in [-0.3, -0.25) is 4.79 Å². The number of anilines is 1. The Morgan fingerprint density at radius 2 is 2.08 bits per heavy atom. The molecule has 0 aliphatic heterocycles. The van der Waals surface area contributed by atoms with Gasteiger partial charge in [-0.25, -0.2) is 4.68 Å². The molecular weight excluding hydrogens is 370 g/mol. The zero-order valence-electron chi connectivity index (χ0n) is 15.0. The first-order valence-electron chi connectivity index (χ1n) is 8.89. The molecule has 1 fully saturated rings. The number of nitrogens with two attached hydrogens (primary N) is 1. The Morgan fingerprint density at radius 1 is 1.35 bits per heavy atom. The maximum Gasteiger partial charge on any atom is 0.237 e. The standard InChI is InChI=1S/C18H24ClN5OS/c1-11-8-9-14(19)10-15(11)21-17(25)12(2)26-18-23-22-16(24(18)20)13-6-4-3-5-7-13/h8-10,12-13H,3-7,20H2,1-2H3,(H,21,25). The van der Waals surface area contributed by atoms with E-state index in [9.17, 15) is 4.79 Å². The van der Waals surface area contributed by atoms with Crippen molar-refractivity contribution in [3.63, 3.8) is 0 Å². The summed E-state index contributed by atoms with van der Waals surface area (Å²) >= 11 is 7.32. The lowest BCUT2D eigenvalue weighted by Gasteiger charge is -2.20. The highest BCUT2D eigenvalue weighted by molar-refractivity contribution is 8.00. The molecule has 1 amide bonds. The van der Waals surface area contributed by atoms with Crippen LogP contribution in [0, 0.1) is 6.92 Å². The minimum atomic E-state index is -0.362. The molecule has 1 unspecified atom stereocenters. The van der Waals surface area contributed by atoms with Gasteiger partial charge in [-0.15, -0.1) is 10.2 Å². The van der Waals surface area contributed by atoms with Gasteiger partial charge < -0.3 is 11.2 Å². The van der Waals surface area contributed by atoms with Crippen LogP contribution < -0.4 is 11.2 Å². The highest BCUT2D eigenvalue weighted by Gasteiger charge is 2.25. The average molecular weight is 394 g/mol. The predicted molar refractivity (Wildman–Crippen MR) is 106 cm³/mol. The zero-order valence-corrected chi connectivity index (χ0v) is 16.6. The van der Waals surface area contributed by atoms with E-state index in [1.807, 2.05) is 19.9 Å². The van der Waals surface area contributed by atoms with Gasteiger partial charge in [0.25, 0.3) is 0 Å². The van der Waals surface area contributed by atoms with Gasteiger partial charge in [0.05, 0.1) is 5.25 Å². The number of carbonyl (C=O) groups excluding carboxylic acids is 1. The van der Waals surface area contributed by atoms with Crippen LogP contribution in [-0.4, -0.2) is 26.0 Å². The van der Waals surface area contributed by atoms with E-state index < -0.39 is 0 Å². The first-order valence-corrected chi connectivity index (χ1v) is 10.2. The number of aryl methyl sites for hydroxylation is 1. The van der Waals surface area contributed by atoms with E-state index in [2.05, 4.69) is 15.5 Å². The van der Waals surface area contributed by atoms with Crippen molar-refractivity contribution in [1.82, 2.24) is 14.9 Å². The number of aromatic nitrogens is 3. The van der Waals surface area contributed by atoms with Gasteiger partial charge in [0.1, 0.15) is 0 Å². The second-order valence-electron chi connectivity index (χ2n) is 6.75. The van der Waals surface area contributed by atoms with Crippen molar-refractivity contribution >= 4 is 35.0 Å². The number of thioether (sulfide) groups is 1. The van der Waals surface area contributed by atoms with Crippen LogP contribution in [0.2, 0.25) is 5.02 Å². The van der Waals surface area contributed by atoms with Crippen LogP contribution in [0.4, 0.5) is 5.69 Å². The van der Waals surface area contributed by atoms with Crippen LogP contribution in [0.5, 0.6) is 0 Å². The van der Waals surface area contributed by atoms with Gasteiger partial charge in [0, 0.05) is 16.6 Å². The summed E-state index contributed by atoms with van der Waals surface area (Å²) in [5.41, 5.74) is 1.67. The monoisotopic (exact) mass is 393 g/mol. The molecule has 0 saturated heterocycles. The molecule has 1 saturated carbocycles.